The van der Waals surface area contributed by atoms with Crippen molar-refractivity contribution in [1.29, 1.82) is 0 Å². The Hall–Kier alpha value is -2.51. The molecular weight excluding hydrogens is 384 g/mol. The quantitative estimate of drug-likeness (QED) is 0.458. The minimum absolute atomic E-state index is 0.126. The van der Waals surface area contributed by atoms with E-state index in [9.17, 15) is 4.79 Å². The number of aromatic nitrogens is 3. The maximum absolute atomic E-state index is 12.2. The number of carbonyl (C=O) groups is 1. The van der Waals surface area contributed by atoms with E-state index in [0.29, 0.717) is 23.2 Å². The average molecular weight is 403 g/mol. The third kappa shape index (κ3) is 5.74. The van der Waals surface area contributed by atoms with E-state index in [0.717, 1.165) is 16.6 Å². The maximum atomic E-state index is 12.2. The molecule has 0 spiro atoms. The summed E-state index contributed by atoms with van der Waals surface area (Å²) in [6.45, 7) is 0.531. The summed E-state index contributed by atoms with van der Waals surface area (Å²) in [5.41, 5.74) is 0.763. The van der Waals surface area contributed by atoms with Gasteiger partial charge in [0.1, 0.15) is 11.6 Å². The molecule has 1 heterocycles. The van der Waals surface area contributed by atoms with E-state index in [1.165, 1.54) is 11.8 Å². The number of anilines is 1. The first-order valence-corrected chi connectivity index (χ1v) is 9.72. The first-order chi connectivity index (χ1) is 13.1. The van der Waals surface area contributed by atoms with Gasteiger partial charge in [0.2, 0.25) is 5.91 Å². The monoisotopic (exact) mass is 402 g/mol. The van der Waals surface area contributed by atoms with Crippen LogP contribution in [0.2, 0.25) is 5.02 Å². The van der Waals surface area contributed by atoms with Crippen molar-refractivity contribution in [3.05, 3.63) is 65.4 Å². The molecule has 0 aliphatic heterocycles. The highest BCUT2D eigenvalue weighted by molar-refractivity contribution is 7.99. The van der Waals surface area contributed by atoms with Crippen LogP contribution in [0.4, 0.5) is 5.69 Å². The third-order valence-corrected chi connectivity index (χ3v) is 4.93. The van der Waals surface area contributed by atoms with Gasteiger partial charge in [-0.05, 0) is 36.4 Å². The van der Waals surface area contributed by atoms with Gasteiger partial charge < -0.3 is 14.6 Å². The smallest absolute Gasteiger partial charge is 0.232 e. The Labute approximate surface area is 166 Å². The van der Waals surface area contributed by atoms with Crippen molar-refractivity contribution in [2.75, 3.05) is 17.7 Å². The van der Waals surface area contributed by atoms with E-state index in [1.54, 1.807) is 12.1 Å². The summed E-state index contributed by atoms with van der Waals surface area (Å²) in [6, 6.07) is 16.6. The lowest BCUT2D eigenvalue weighted by Gasteiger charge is -2.07. The molecule has 1 N–H and O–H groups in total. The van der Waals surface area contributed by atoms with Crippen molar-refractivity contribution < 1.29 is 9.53 Å². The summed E-state index contributed by atoms with van der Waals surface area (Å²) in [5, 5.41) is 12.5. The number of hydrogen-bond donors (Lipinski definition) is 1. The van der Waals surface area contributed by atoms with Crippen molar-refractivity contribution in [3.8, 4) is 5.75 Å². The summed E-state index contributed by atoms with van der Waals surface area (Å²) in [5.74, 6) is 1.98. The van der Waals surface area contributed by atoms with Gasteiger partial charge in [0, 0.05) is 23.5 Å². The largest absolute Gasteiger partial charge is 0.493 e. The molecule has 0 saturated heterocycles. The fourth-order valence-electron chi connectivity index (χ4n) is 2.32. The highest BCUT2D eigenvalue weighted by Crippen LogP contribution is 2.18. The maximum Gasteiger partial charge on any atom is 0.232 e. The molecule has 6 nitrogen and oxygen atoms in total. The highest BCUT2D eigenvalue weighted by atomic mass is 35.5. The van der Waals surface area contributed by atoms with Gasteiger partial charge in [0.15, 0.2) is 5.16 Å². The number of nitrogens with zero attached hydrogens (tertiary/aromatic N) is 3. The topological polar surface area (TPSA) is 69.0 Å². The zero-order valence-electron chi connectivity index (χ0n) is 14.8. The highest BCUT2D eigenvalue weighted by Gasteiger charge is 2.13. The van der Waals surface area contributed by atoms with Gasteiger partial charge in [-0.3, -0.25) is 4.79 Å². The number of amides is 1. The molecule has 140 valence electrons. The van der Waals surface area contributed by atoms with Crippen LogP contribution in [0, 0.1) is 0 Å². The zero-order valence-corrected chi connectivity index (χ0v) is 16.3. The second-order valence-corrected chi connectivity index (χ2v) is 7.20. The van der Waals surface area contributed by atoms with Crippen LogP contribution in [0.15, 0.2) is 59.8 Å². The molecule has 0 radical (unpaired) electrons. The number of ether oxygens (including phenoxy) is 1. The summed E-state index contributed by atoms with van der Waals surface area (Å²) in [7, 11) is 1.85. The van der Waals surface area contributed by atoms with Crippen LogP contribution in [0.1, 0.15) is 5.82 Å². The molecule has 0 saturated carbocycles. The first kappa shape index (κ1) is 19.3. The molecule has 0 atom stereocenters. The molecule has 0 aliphatic rings. The minimum atomic E-state index is -0.126. The molecule has 27 heavy (non-hydrogen) atoms. The van der Waals surface area contributed by atoms with Crippen LogP contribution < -0.4 is 10.1 Å². The van der Waals surface area contributed by atoms with Crippen molar-refractivity contribution in [2.24, 2.45) is 7.05 Å². The second-order valence-electron chi connectivity index (χ2n) is 5.70. The van der Waals surface area contributed by atoms with Crippen LogP contribution in [-0.2, 0) is 18.3 Å². The van der Waals surface area contributed by atoms with Crippen molar-refractivity contribution >= 4 is 35.0 Å². The first-order valence-electron chi connectivity index (χ1n) is 8.36. The van der Waals surface area contributed by atoms with Gasteiger partial charge in [-0.25, -0.2) is 0 Å². The summed E-state index contributed by atoms with van der Waals surface area (Å²) in [4.78, 5) is 12.2. The average Bonchev–Trinajstić information content (AvgIpc) is 3.01. The van der Waals surface area contributed by atoms with E-state index in [1.807, 2.05) is 54.1 Å². The van der Waals surface area contributed by atoms with Crippen LogP contribution in [0.5, 0.6) is 5.75 Å². The number of para-hydroxylation sites is 1. The summed E-state index contributed by atoms with van der Waals surface area (Å²) < 4.78 is 7.49. The minimum Gasteiger partial charge on any atom is -0.493 e. The standard InChI is InChI=1S/C19H19ClN4O2S/c1-24-17(13-18(25)21-15-5-3-2-4-6-15)22-23-19(24)27-12-11-26-16-9-7-14(20)8-10-16/h2-10H,11-13H2,1H3,(H,21,25). The number of carbonyl (C=O) groups excluding carboxylic acids is 1. The van der Waals surface area contributed by atoms with Gasteiger partial charge in [-0.2, -0.15) is 0 Å². The van der Waals surface area contributed by atoms with E-state index >= 15 is 0 Å². The van der Waals surface area contributed by atoms with E-state index in [4.69, 9.17) is 16.3 Å². The van der Waals surface area contributed by atoms with Crippen molar-refractivity contribution in [1.82, 2.24) is 14.8 Å². The lowest BCUT2D eigenvalue weighted by molar-refractivity contribution is -0.115. The molecule has 2 aromatic carbocycles. The number of rotatable bonds is 8. The molecule has 8 heteroatoms. The van der Waals surface area contributed by atoms with Gasteiger partial charge >= 0.3 is 0 Å². The normalized spacial score (nSPS) is 10.6. The Morgan fingerprint density at radius 1 is 1.15 bits per heavy atom. The lowest BCUT2D eigenvalue weighted by atomic mass is 10.3. The summed E-state index contributed by atoms with van der Waals surface area (Å²) >= 11 is 7.38. The molecular formula is C19H19ClN4O2S. The molecule has 3 rings (SSSR count). The molecule has 0 unspecified atom stereocenters. The molecule has 1 amide bonds. The van der Waals surface area contributed by atoms with Gasteiger partial charge in [0.05, 0.1) is 13.0 Å². The van der Waals surface area contributed by atoms with E-state index < -0.39 is 0 Å². The van der Waals surface area contributed by atoms with Gasteiger partial charge in [-0.1, -0.05) is 41.6 Å². The number of benzene rings is 2. The number of hydrogen-bond acceptors (Lipinski definition) is 5. The Morgan fingerprint density at radius 3 is 2.63 bits per heavy atom. The van der Waals surface area contributed by atoms with Crippen LogP contribution in [0.3, 0.4) is 0 Å². The SMILES string of the molecule is Cn1c(CC(=O)Nc2ccccc2)nnc1SCCOc1ccc(Cl)cc1. The van der Waals surface area contributed by atoms with E-state index in [2.05, 4.69) is 15.5 Å². The molecule has 3 aromatic rings. The lowest BCUT2D eigenvalue weighted by Crippen LogP contribution is -2.17. The predicted molar refractivity (Wildman–Crippen MR) is 107 cm³/mol. The Bertz CT molecular complexity index is 884. The molecule has 1 aromatic heterocycles. The fraction of sp³-hybridized carbons (Fsp3) is 0.211. The summed E-state index contributed by atoms with van der Waals surface area (Å²) in [6.07, 6.45) is 0.167. The molecule has 0 fully saturated rings. The second kappa shape index (κ2) is 9.43. The number of halogens is 1. The predicted octanol–water partition coefficient (Wildman–Crippen LogP) is 3.82. The fourth-order valence-corrected chi connectivity index (χ4v) is 3.19. The molecule has 0 bridgehead atoms. The van der Waals surface area contributed by atoms with Gasteiger partial charge in [0.25, 0.3) is 0 Å². The third-order valence-electron chi connectivity index (χ3n) is 3.70. The Balaban J connectivity index is 1.46. The Kier molecular flexibility index (Phi) is 6.73. The van der Waals surface area contributed by atoms with Crippen LogP contribution >= 0.6 is 23.4 Å². The van der Waals surface area contributed by atoms with E-state index in [-0.39, 0.29) is 12.3 Å². The van der Waals surface area contributed by atoms with Gasteiger partial charge in [-0.15, -0.1) is 10.2 Å². The van der Waals surface area contributed by atoms with Crippen molar-refractivity contribution in [3.63, 3.8) is 0 Å². The zero-order chi connectivity index (χ0) is 19.1. The molecule has 0 aliphatic carbocycles. The number of thioether (sulfide) groups is 1. The van der Waals surface area contributed by atoms with Crippen molar-refractivity contribution in [2.45, 2.75) is 11.6 Å². The Morgan fingerprint density at radius 2 is 1.89 bits per heavy atom. The van der Waals surface area contributed by atoms with Crippen LogP contribution in [0.25, 0.3) is 0 Å². The van der Waals surface area contributed by atoms with Crippen LogP contribution in [-0.4, -0.2) is 33.0 Å². The number of nitrogens with one attached hydrogen (secondary N) is 1.